The molecule has 0 aliphatic rings. The van der Waals surface area contributed by atoms with E-state index >= 15 is 0 Å². The first-order valence-corrected chi connectivity index (χ1v) is 14.8. The topological polar surface area (TPSA) is 196 Å². The highest BCUT2D eigenvalue weighted by Crippen LogP contribution is 2.19. The van der Waals surface area contributed by atoms with E-state index < -0.39 is 60.2 Å². The second-order valence-electron chi connectivity index (χ2n) is 9.76. The fourth-order valence-corrected chi connectivity index (χ4v) is 4.69. The van der Waals surface area contributed by atoms with E-state index in [0.29, 0.717) is 11.4 Å². The van der Waals surface area contributed by atoms with Crippen LogP contribution in [0.15, 0.2) is 60.8 Å². The van der Waals surface area contributed by atoms with Crippen LogP contribution in [0.2, 0.25) is 0 Å². The Morgan fingerprint density at radius 2 is 1.52 bits per heavy atom. The maximum absolute atomic E-state index is 13.2. The summed E-state index contributed by atoms with van der Waals surface area (Å²) in [6.45, 7) is 1.44. The van der Waals surface area contributed by atoms with E-state index in [2.05, 4.69) is 26.3 Å². The third-order valence-corrected chi connectivity index (χ3v) is 7.14. The number of para-hydroxylation sites is 2. The van der Waals surface area contributed by atoms with Crippen LogP contribution in [0.1, 0.15) is 25.3 Å². The van der Waals surface area contributed by atoms with Crippen molar-refractivity contribution in [2.45, 2.75) is 50.4 Å². The number of aromatic nitrogens is 1. The summed E-state index contributed by atoms with van der Waals surface area (Å²) in [6.07, 6.45) is 3.33. The molecule has 0 aliphatic carbocycles. The van der Waals surface area contributed by atoms with Crippen molar-refractivity contribution >= 4 is 58.0 Å². The molecular formula is C29H36N6O6S. The monoisotopic (exact) mass is 596 g/mol. The minimum absolute atomic E-state index is 0.218. The van der Waals surface area contributed by atoms with Crippen LogP contribution in [-0.2, 0) is 30.4 Å². The zero-order valence-corrected chi connectivity index (χ0v) is 24.2. The van der Waals surface area contributed by atoms with Gasteiger partial charge in [-0.25, -0.2) is 0 Å². The predicted molar refractivity (Wildman–Crippen MR) is 162 cm³/mol. The zero-order valence-electron chi connectivity index (χ0n) is 23.4. The lowest BCUT2D eigenvalue weighted by Crippen LogP contribution is -2.57. The number of hydrogen-bond donors (Lipinski definition) is 7. The number of rotatable bonds is 15. The first-order valence-electron chi connectivity index (χ1n) is 13.4. The van der Waals surface area contributed by atoms with Gasteiger partial charge in [-0.05, 0) is 55.5 Å². The molecule has 3 aromatic rings. The molecule has 8 N–H and O–H groups in total. The van der Waals surface area contributed by atoms with E-state index in [1.807, 2.05) is 30.5 Å². The summed E-state index contributed by atoms with van der Waals surface area (Å²) in [5.41, 5.74) is 8.47. The van der Waals surface area contributed by atoms with Gasteiger partial charge in [0.2, 0.25) is 23.6 Å². The molecule has 13 heteroatoms. The minimum atomic E-state index is -1.49. The first kappa shape index (κ1) is 32.2. The van der Waals surface area contributed by atoms with Gasteiger partial charge >= 0.3 is 5.97 Å². The molecule has 224 valence electrons. The maximum Gasteiger partial charge on any atom is 0.305 e. The lowest BCUT2D eigenvalue weighted by molar-refractivity contribution is -0.141. The highest BCUT2D eigenvalue weighted by molar-refractivity contribution is 7.98. The van der Waals surface area contributed by atoms with Gasteiger partial charge in [0.05, 0.1) is 12.5 Å². The van der Waals surface area contributed by atoms with E-state index in [9.17, 15) is 29.1 Å². The van der Waals surface area contributed by atoms with Crippen LogP contribution in [0.3, 0.4) is 0 Å². The highest BCUT2D eigenvalue weighted by Gasteiger charge is 2.31. The smallest absolute Gasteiger partial charge is 0.305 e. The molecule has 4 atom stereocenters. The Hall–Kier alpha value is -4.36. The average molecular weight is 597 g/mol. The molecule has 2 aromatic carbocycles. The van der Waals surface area contributed by atoms with Gasteiger partial charge in [-0.3, -0.25) is 24.0 Å². The summed E-state index contributed by atoms with van der Waals surface area (Å²) in [6, 6.07) is 11.7. The van der Waals surface area contributed by atoms with Crippen molar-refractivity contribution in [3.05, 3.63) is 66.4 Å². The van der Waals surface area contributed by atoms with E-state index in [-0.39, 0.29) is 12.8 Å². The fraction of sp³-hybridized carbons (Fsp3) is 0.345. The summed E-state index contributed by atoms with van der Waals surface area (Å²) in [5, 5.41) is 20.5. The first-order chi connectivity index (χ1) is 20.1. The largest absolute Gasteiger partial charge is 0.481 e. The number of carbonyl (C=O) groups excluding carboxylic acids is 4. The SMILES string of the molecule is CSCC[C@H](NC(=O)[C@@H](N)Cc1c[nH]c2ccccc12)C(=O)N[C@@H](CC(=O)O)C(=O)N[C@@H](C)C(=O)Nc1ccccc1. The quantitative estimate of drug-likeness (QED) is 0.137. The number of carbonyl (C=O) groups is 5. The molecule has 12 nitrogen and oxygen atoms in total. The van der Waals surface area contributed by atoms with Crippen LogP contribution in [-0.4, -0.2) is 75.9 Å². The van der Waals surface area contributed by atoms with E-state index in [0.717, 1.165) is 16.5 Å². The number of carboxylic acid groups (broad SMARTS) is 1. The number of aliphatic carboxylic acids is 1. The van der Waals surface area contributed by atoms with Gasteiger partial charge < -0.3 is 37.1 Å². The number of carboxylic acids is 1. The van der Waals surface area contributed by atoms with Gasteiger partial charge in [-0.2, -0.15) is 11.8 Å². The van der Waals surface area contributed by atoms with Crippen molar-refractivity contribution in [1.29, 1.82) is 0 Å². The minimum Gasteiger partial charge on any atom is -0.481 e. The lowest BCUT2D eigenvalue weighted by Gasteiger charge is -2.24. The second-order valence-corrected chi connectivity index (χ2v) is 10.7. The lowest BCUT2D eigenvalue weighted by atomic mass is 10.0. The number of nitrogens with one attached hydrogen (secondary N) is 5. The molecule has 3 rings (SSSR count). The number of benzene rings is 2. The molecule has 0 aliphatic heterocycles. The predicted octanol–water partition coefficient (Wildman–Crippen LogP) is 1.38. The molecule has 0 radical (unpaired) electrons. The molecule has 1 heterocycles. The van der Waals surface area contributed by atoms with E-state index in [4.69, 9.17) is 5.73 Å². The molecule has 0 unspecified atom stereocenters. The normalized spacial score (nSPS) is 13.8. The number of aromatic amines is 1. The Balaban J connectivity index is 1.64. The molecule has 0 saturated carbocycles. The molecular weight excluding hydrogens is 560 g/mol. The van der Waals surface area contributed by atoms with Gasteiger partial charge in [-0.15, -0.1) is 0 Å². The summed E-state index contributed by atoms with van der Waals surface area (Å²) >= 11 is 1.45. The van der Waals surface area contributed by atoms with E-state index in [1.54, 1.807) is 36.5 Å². The van der Waals surface area contributed by atoms with Gasteiger partial charge in [0.15, 0.2) is 0 Å². The van der Waals surface area contributed by atoms with Crippen LogP contribution in [0, 0.1) is 0 Å². The second kappa shape index (κ2) is 15.6. The third kappa shape index (κ3) is 9.35. The molecule has 0 spiro atoms. The number of thioether (sulfide) groups is 1. The number of fused-ring (bicyclic) bond motifs is 1. The summed E-state index contributed by atoms with van der Waals surface area (Å²) < 4.78 is 0. The van der Waals surface area contributed by atoms with Crippen LogP contribution >= 0.6 is 11.8 Å². The number of anilines is 1. The number of amides is 4. The van der Waals surface area contributed by atoms with Crippen molar-refractivity contribution in [3.63, 3.8) is 0 Å². The van der Waals surface area contributed by atoms with Gasteiger partial charge in [0, 0.05) is 22.8 Å². The molecule has 0 bridgehead atoms. The van der Waals surface area contributed by atoms with Gasteiger partial charge in [-0.1, -0.05) is 36.4 Å². The maximum atomic E-state index is 13.2. The summed E-state index contributed by atoms with van der Waals surface area (Å²) in [4.78, 5) is 66.3. The van der Waals surface area contributed by atoms with Crippen LogP contribution in [0.25, 0.3) is 10.9 Å². The Labute approximate surface area is 247 Å². The Morgan fingerprint density at radius 3 is 2.21 bits per heavy atom. The molecule has 0 saturated heterocycles. The van der Waals surface area contributed by atoms with Crippen molar-refractivity contribution in [2.24, 2.45) is 5.73 Å². The van der Waals surface area contributed by atoms with Crippen LogP contribution < -0.4 is 27.0 Å². The molecule has 0 fully saturated rings. The fourth-order valence-electron chi connectivity index (χ4n) is 4.22. The summed E-state index contributed by atoms with van der Waals surface area (Å²) in [7, 11) is 0. The van der Waals surface area contributed by atoms with Crippen molar-refractivity contribution < 1.29 is 29.1 Å². The standard InChI is InChI=1S/C29H36N6O6S/c1-17(26(38)33-19-8-4-3-5-9-19)32-29(41)24(15-25(36)37)35-28(40)23(12-13-42-2)34-27(39)21(30)14-18-16-31-22-11-7-6-10-20(18)22/h3-11,16-17,21,23-24,31H,12-15,30H2,1-2H3,(H,32,41)(H,33,38)(H,34,39)(H,35,40)(H,36,37)/t17-,21-,23-,24-/m0/s1. The van der Waals surface area contributed by atoms with Crippen LogP contribution in [0.4, 0.5) is 5.69 Å². The van der Waals surface area contributed by atoms with E-state index in [1.165, 1.54) is 18.7 Å². The van der Waals surface area contributed by atoms with Crippen molar-refractivity contribution in [1.82, 2.24) is 20.9 Å². The van der Waals surface area contributed by atoms with Gasteiger partial charge in [0.25, 0.3) is 0 Å². The Kier molecular flexibility index (Phi) is 11.9. The molecule has 42 heavy (non-hydrogen) atoms. The highest BCUT2D eigenvalue weighted by atomic mass is 32.2. The Bertz CT molecular complexity index is 1400. The van der Waals surface area contributed by atoms with Gasteiger partial charge in [0.1, 0.15) is 18.1 Å². The number of nitrogens with two attached hydrogens (primary N) is 1. The zero-order chi connectivity index (χ0) is 30.6. The number of H-pyrrole nitrogens is 1. The average Bonchev–Trinajstić information content (AvgIpc) is 3.37. The molecule has 4 amide bonds. The molecule has 1 aromatic heterocycles. The van der Waals surface area contributed by atoms with Crippen molar-refractivity contribution in [2.75, 3.05) is 17.3 Å². The van der Waals surface area contributed by atoms with Crippen molar-refractivity contribution in [3.8, 4) is 0 Å². The summed E-state index contributed by atoms with van der Waals surface area (Å²) in [5.74, 6) is -3.51. The number of hydrogen-bond acceptors (Lipinski definition) is 7. The third-order valence-electron chi connectivity index (χ3n) is 6.50. The van der Waals surface area contributed by atoms with Crippen LogP contribution in [0.5, 0.6) is 0 Å². The Morgan fingerprint density at radius 1 is 0.881 bits per heavy atom.